The van der Waals surface area contributed by atoms with Gasteiger partial charge in [0.1, 0.15) is 28.6 Å². The molecule has 5 rings (SSSR count). The third kappa shape index (κ3) is 6.03. The summed E-state index contributed by atoms with van der Waals surface area (Å²) in [5.74, 6) is 2.60. The fourth-order valence-corrected chi connectivity index (χ4v) is 4.36. The van der Waals surface area contributed by atoms with Crippen molar-refractivity contribution in [1.82, 2.24) is 15.6 Å². The fraction of sp³-hybridized carbons (Fsp3) is 0.379. The topological polar surface area (TPSA) is 94.8 Å². The summed E-state index contributed by atoms with van der Waals surface area (Å²) in [6, 6.07) is 13.8. The van der Waals surface area contributed by atoms with Gasteiger partial charge < -0.3 is 29.3 Å². The lowest BCUT2D eigenvalue weighted by molar-refractivity contribution is 0.0951. The summed E-state index contributed by atoms with van der Waals surface area (Å²) in [5.41, 5.74) is 2.00. The maximum Gasteiger partial charge on any atom is 0.255 e. The monoisotopic (exact) mass is 503 g/mol. The van der Waals surface area contributed by atoms with Gasteiger partial charge in [-0.3, -0.25) is 9.78 Å². The predicted octanol–water partition coefficient (Wildman–Crippen LogP) is 5.37. The Morgan fingerprint density at radius 1 is 1.14 bits per heavy atom. The smallest absolute Gasteiger partial charge is 0.255 e. The Morgan fingerprint density at radius 2 is 1.95 bits per heavy atom. The van der Waals surface area contributed by atoms with Crippen LogP contribution in [0.3, 0.4) is 0 Å². The molecule has 1 saturated carbocycles. The second-order valence-electron chi connectivity index (χ2n) is 9.54. The van der Waals surface area contributed by atoms with Gasteiger partial charge in [0.2, 0.25) is 0 Å². The van der Waals surface area contributed by atoms with Gasteiger partial charge in [-0.25, -0.2) is 0 Å². The lowest BCUT2D eigenvalue weighted by Crippen LogP contribution is -2.31. The molecule has 0 bridgehead atoms. The molecule has 37 heavy (non-hydrogen) atoms. The van der Waals surface area contributed by atoms with Crippen LogP contribution in [0, 0.1) is 6.92 Å². The fourth-order valence-electron chi connectivity index (χ4n) is 4.36. The van der Waals surface area contributed by atoms with E-state index in [1.165, 1.54) is 0 Å². The molecule has 1 aliphatic carbocycles. The average Bonchev–Trinajstić information content (AvgIpc) is 3.63. The van der Waals surface area contributed by atoms with Crippen molar-refractivity contribution in [3.05, 3.63) is 60.0 Å². The normalized spacial score (nSPS) is 14.1. The lowest BCUT2D eigenvalue weighted by Gasteiger charge is -2.13. The third-order valence-electron chi connectivity index (χ3n) is 6.38. The van der Waals surface area contributed by atoms with Crippen LogP contribution in [0.15, 0.2) is 53.1 Å². The molecule has 4 aromatic rings. The van der Waals surface area contributed by atoms with Crippen molar-refractivity contribution in [3.63, 3.8) is 0 Å². The van der Waals surface area contributed by atoms with E-state index in [2.05, 4.69) is 22.5 Å². The van der Waals surface area contributed by atoms with Gasteiger partial charge >= 0.3 is 0 Å². The minimum absolute atomic E-state index is 0.0810. The Bertz CT molecular complexity index is 1400. The molecule has 1 fully saturated rings. The van der Waals surface area contributed by atoms with E-state index in [0.717, 1.165) is 47.8 Å². The molecule has 194 valence electrons. The molecule has 0 saturated heterocycles. The van der Waals surface area contributed by atoms with Crippen LogP contribution in [0.5, 0.6) is 17.2 Å². The van der Waals surface area contributed by atoms with E-state index in [4.69, 9.17) is 18.6 Å². The van der Waals surface area contributed by atoms with Gasteiger partial charge in [-0.05, 0) is 70.0 Å². The van der Waals surface area contributed by atoms with E-state index in [1.807, 2.05) is 49.4 Å². The minimum Gasteiger partial charge on any atom is -0.493 e. The quantitative estimate of drug-likeness (QED) is 0.251. The van der Waals surface area contributed by atoms with Gasteiger partial charge in [0.05, 0.1) is 24.3 Å². The number of hydrogen-bond acceptors (Lipinski definition) is 7. The number of carbonyl (C=O) groups excluding carboxylic acids is 1. The Kier molecular flexibility index (Phi) is 7.58. The van der Waals surface area contributed by atoms with E-state index < -0.39 is 0 Å². The van der Waals surface area contributed by atoms with Crippen molar-refractivity contribution >= 4 is 27.8 Å². The Labute approximate surface area is 216 Å². The van der Waals surface area contributed by atoms with E-state index >= 15 is 0 Å². The maximum atomic E-state index is 12.7. The number of furan rings is 1. The van der Waals surface area contributed by atoms with Crippen molar-refractivity contribution in [2.24, 2.45) is 0 Å². The first-order valence-electron chi connectivity index (χ1n) is 12.8. The van der Waals surface area contributed by atoms with Crippen molar-refractivity contribution in [1.29, 1.82) is 0 Å². The molecule has 2 heterocycles. The van der Waals surface area contributed by atoms with E-state index in [9.17, 15) is 4.79 Å². The molecule has 1 aliphatic rings. The number of fused-ring (bicyclic) bond motifs is 2. The predicted molar refractivity (Wildman–Crippen MR) is 143 cm³/mol. The molecule has 2 N–H and O–H groups in total. The largest absolute Gasteiger partial charge is 0.493 e. The van der Waals surface area contributed by atoms with Gasteiger partial charge in [-0.15, -0.1) is 0 Å². The summed E-state index contributed by atoms with van der Waals surface area (Å²) in [4.78, 5) is 17.2. The molecule has 1 amide bonds. The van der Waals surface area contributed by atoms with Crippen LogP contribution in [0.1, 0.15) is 42.3 Å². The summed E-state index contributed by atoms with van der Waals surface area (Å²) in [6.45, 7) is 6.07. The van der Waals surface area contributed by atoms with Crippen molar-refractivity contribution in [3.8, 4) is 17.2 Å². The summed E-state index contributed by atoms with van der Waals surface area (Å²) >= 11 is 0. The second kappa shape index (κ2) is 11.2. The van der Waals surface area contributed by atoms with Crippen LogP contribution in [-0.4, -0.2) is 49.8 Å². The zero-order valence-electron chi connectivity index (χ0n) is 21.5. The number of rotatable bonds is 12. The number of aromatic nitrogens is 1. The third-order valence-corrected chi connectivity index (χ3v) is 6.38. The first-order chi connectivity index (χ1) is 18.0. The summed E-state index contributed by atoms with van der Waals surface area (Å²) in [7, 11) is 1.71. The molecule has 2 aromatic carbocycles. The number of benzene rings is 2. The van der Waals surface area contributed by atoms with Gasteiger partial charge in [0, 0.05) is 48.3 Å². The number of hydrogen-bond donors (Lipinski definition) is 2. The van der Waals surface area contributed by atoms with E-state index in [0.29, 0.717) is 47.7 Å². The molecule has 1 atom stereocenters. The van der Waals surface area contributed by atoms with Crippen molar-refractivity contribution < 1.29 is 23.4 Å². The Hall–Kier alpha value is -3.62. The molecule has 8 heteroatoms. The first kappa shape index (κ1) is 25.0. The highest BCUT2D eigenvalue weighted by Gasteiger charge is 2.27. The maximum absolute atomic E-state index is 12.7. The molecule has 0 aliphatic heterocycles. The lowest BCUT2D eigenvalue weighted by atomic mass is 10.1. The molecule has 0 radical (unpaired) electrons. The SMILES string of the molecule is COCC(C)NCCCOc1ccc2c(Oc3ccc4c(C(=O)NC5CC5)c(C)oc4c3)ccnc2c1. The summed E-state index contributed by atoms with van der Waals surface area (Å²) in [5, 5.41) is 8.11. The summed E-state index contributed by atoms with van der Waals surface area (Å²) in [6.07, 6.45) is 4.69. The highest BCUT2D eigenvalue weighted by molar-refractivity contribution is 6.07. The number of nitrogens with one attached hydrogen (secondary N) is 2. The number of ether oxygens (including phenoxy) is 3. The number of nitrogens with zero attached hydrogens (tertiary/aromatic N) is 1. The van der Waals surface area contributed by atoms with Crippen LogP contribution in [0.2, 0.25) is 0 Å². The molecular weight excluding hydrogens is 470 g/mol. The molecular formula is C29H33N3O5. The van der Waals surface area contributed by atoms with Crippen LogP contribution in [0.25, 0.3) is 21.9 Å². The zero-order chi connectivity index (χ0) is 25.8. The van der Waals surface area contributed by atoms with Crippen LogP contribution < -0.4 is 20.1 Å². The van der Waals surface area contributed by atoms with Gasteiger partial charge in [-0.1, -0.05) is 0 Å². The number of aryl methyl sites for hydroxylation is 1. The molecule has 8 nitrogen and oxygen atoms in total. The average molecular weight is 504 g/mol. The summed E-state index contributed by atoms with van der Waals surface area (Å²) < 4.78 is 23.2. The Balaban J connectivity index is 1.25. The Morgan fingerprint density at radius 3 is 2.76 bits per heavy atom. The van der Waals surface area contributed by atoms with E-state index in [1.54, 1.807) is 13.3 Å². The van der Waals surface area contributed by atoms with Crippen molar-refractivity contribution in [2.45, 2.75) is 45.2 Å². The zero-order valence-corrected chi connectivity index (χ0v) is 21.5. The number of amides is 1. The number of carbonyl (C=O) groups is 1. The molecule has 2 aromatic heterocycles. The van der Waals surface area contributed by atoms with E-state index in [-0.39, 0.29) is 11.9 Å². The van der Waals surface area contributed by atoms with Crippen LogP contribution in [0.4, 0.5) is 0 Å². The van der Waals surface area contributed by atoms with Crippen molar-refractivity contribution in [2.75, 3.05) is 26.9 Å². The second-order valence-corrected chi connectivity index (χ2v) is 9.54. The van der Waals surface area contributed by atoms with Gasteiger partial charge in [0.25, 0.3) is 5.91 Å². The highest BCUT2D eigenvalue weighted by Crippen LogP contribution is 2.34. The first-order valence-corrected chi connectivity index (χ1v) is 12.8. The van der Waals surface area contributed by atoms with Gasteiger partial charge in [0.15, 0.2) is 0 Å². The standard InChI is InChI=1S/C29H33N3O5/c1-18(17-34-3)30-12-4-14-35-21-7-9-23-25(15-21)31-13-11-26(23)37-22-8-10-24-27(16-22)36-19(2)28(24)29(33)32-20-5-6-20/h7-11,13,15-16,18,20,30H,4-6,12,14,17H2,1-3H3,(H,32,33). The van der Waals surface area contributed by atoms with Crippen LogP contribution in [-0.2, 0) is 4.74 Å². The number of methoxy groups -OCH3 is 1. The number of pyridine rings is 1. The molecule has 0 spiro atoms. The minimum atomic E-state index is -0.0810. The van der Waals surface area contributed by atoms with Gasteiger partial charge in [-0.2, -0.15) is 0 Å². The highest BCUT2D eigenvalue weighted by atomic mass is 16.5. The molecule has 1 unspecified atom stereocenters. The van der Waals surface area contributed by atoms with Crippen LogP contribution >= 0.6 is 0 Å².